The Balaban J connectivity index is 4.66. The van der Waals surface area contributed by atoms with E-state index in [-0.39, 0.29) is 37.0 Å². The molecule has 30 heavy (non-hydrogen) atoms. The number of carbonyl (C=O) groups is 3. The summed E-state index contributed by atoms with van der Waals surface area (Å²) in [6, 6.07) is -0.331. The van der Waals surface area contributed by atoms with Gasteiger partial charge in [0.2, 0.25) is 0 Å². The summed E-state index contributed by atoms with van der Waals surface area (Å²) in [5.74, 6) is -0.740. The molecule has 0 aliphatic heterocycles. The molecule has 0 bridgehead atoms. The Morgan fingerprint density at radius 1 is 1.17 bits per heavy atom. The van der Waals surface area contributed by atoms with E-state index in [4.69, 9.17) is 4.74 Å². The maximum absolute atomic E-state index is 12.6. The van der Waals surface area contributed by atoms with Gasteiger partial charge in [-0.15, -0.1) is 0 Å². The number of ether oxygens (including phenoxy) is 2. The summed E-state index contributed by atoms with van der Waals surface area (Å²) >= 11 is 0. The first-order valence-corrected chi connectivity index (χ1v) is 10.8. The fraction of sp³-hybridized carbons (Fsp3) is 0.773. The van der Waals surface area contributed by atoms with Crippen molar-refractivity contribution in [2.24, 2.45) is 0 Å². The number of nitrogens with one attached hydrogen (secondary N) is 1. The molecule has 0 aliphatic rings. The summed E-state index contributed by atoms with van der Waals surface area (Å²) in [5, 5.41) is 13.6. The van der Waals surface area contributed by atoms with Crippen LogP contribution in [0.1, 0.15) is 58.8 Å². The molecule has 2 atom stereocenters. The molecule has 0 saturated heterocycles. The molecule has 0 spiro atoms. The van der Waals surface area contributed by atoms with E-state index in [0.717, 1.165) is 19.3 Å². The van der Waals surface area contributed by atoms with Crippen LogP contribution in [0.2, 0.25) is 0 Å². The third-order valence-electron chi connectivity index (χ3n) is 4.79. The molecule has 0 rings (SSSR count). The lowest BCUT2D eigenvalue weighted by Gasteiger charge is -2.30. The SMILES string of the molecule is CCCCCC(NC(=O)C[N+](C)(C)CCOC(C)=O)C(O)CC=CCCC(=O)OC. The van der Waals surface area contributed by atoms with Crippen LogP contribution in [0.3, 0.4) is 0 Å². The molecule has 1 amide bonds. The van der Waals surface area contributed by atoms with Gasteiger partial charge in [0, 0.05) is 13.3 Å². The van der Waals surface area contributed by atoms with Crippen molar-refractivity contribution in [1.29, 1.82) is 0 Å². The molecule has 2 unspecified atom stereocenters. The minimum atomic E-state index is -0.697. The average molecular weight is 430 g/mol. The van der Waals surface area contributed by atoms with Crippen molar-refractivity contribution in [2.45, 2.75) is 70.9 Å². The largest absolute Gasteiger partial charge is 0.469 e. The number of amides is 1. The molecule has 174 valence electrons. The summed E-state index contributed by atoms with van der Waals surface area (Å²) < 4.78 is 9.94. The monoisotopic (exact) mass is 429 g/mol. The minimum Gasteiger partial charge on any atom is -0.469 e. The third-order valence-corrected chi connectivity index (χ3v) is 4.79. The van der Waals surface area contributed by atoms with Crippen LogP contribution in [0.4, 0.5) is 0 Å². The summed E-state index contributed by atoms with van der Waals surface area (Å²) in [4.78, 5) is 34.6. The molecular weight excluding hydrogens is 388 g/mol. The van der Waals surface area contributed by atoms with Crippen LogP contribution < -0.4 is 5.32 Å². The number of hydrogen-bond acceptors (Lipinski definition) is 6. The van der Waals surface area contributed by atoms with Crippen molar-refractivity contribution < 1.29 is 33.4 Å². The lowest BCUT2D eigenvalue weighted by molar-refractivity contribution is -0.882. The van der Waals surface area contributed by atoms with E-state index in [9.17, 15) is 19.5 Å². The molecule has 0 saturated carbocycles. The Morgan fingerprint density at radius 2 is 1.87 bits per heavy atom. The Morgan fingerprint density at radius 3 is 2.47 bits per heavy atom. The number of carbonyl (C=O) groups excluding carboxylic acids is 3. The highest BCUT2D eigenvalue weighted by atomic mass is 16.5. The van der Waals surface area contributed by atoms with Gasteiger partial charge in [-0.05, 0) is 19.3 Å². The Labute approximate surface area is 181 Å². The quantitative estimate of drug-likeness (QED) is 0.168. The second kappa shape index (κ2) is 15.8. The number of aliphatic hydroxyl groups is 1. The first kappa shape index (κ1) is 28.1. The number of nitrogens with zero attached hydrogens (tertiary/aromatic N) is 1. The summed E-state index contributed by atoms with van der Waals surface area (Å²) in [7, 11) is 5.15. The first-order valence-electron chi connectivity index (χ1n) is 10.8. The molecule has 0 aromatic heterocycles. The van der Waals surface area contributed by atoms with Gasteiger partial charge in [-0.1, -0.05) is 38.3 Å². The Kier molecular flexibility index (Phi) is 14.8. The van der Waals surface area contributed by atoms with Crippen molar-refractivity contribution >= 4 is 17.8 Å². The van der Waals surface area contributed by atoms with E-state index >= 15 is 0 Å². The number of esters is 2. The van der Waals surface area contributed by atoms with Gasteiger partial charge in [0.05, 0.1) is 33.4 Å². The predicted molar refractivity (Wildman–Crippen MR) is 116 cm³/mol. The topological polar surface area (TPSA) is 102 Å². The number of rotatable bonds is 16. The highest BCUT2D eigenvalue weighted by Gasteiger charge is 2.25. The van der Waals surface area contributed by atoms with Crippen molar-refractivity contribution in [3.05, 3.63) is 12.2 Å². The van der Waals surface area contributed by atoms with E-state index < -0.39 is 6.10 Å². The smallest absolute Gasteiger partial charge is 0.305 e. The third kappa shape index (κ3) is 15.0. The van der Waals surface area contributed by atoms with Crippen LogP contribution in [-0.2, 0) is 23.9 Å². The van der Waals surface area contributed by atoms with Gasteiger partial charge in [0.1, 0.15) is 13.2 Å². The standard InChI is InChI=1S/C22H40N2O6/c1-6-7-9-12-19(20(26)13-10-8-11-14-22(28)29-5)23-21(27)17-24(3,4)15-16-30-18(2)25/h8,10,19-20,26H,6-7,9,11-17H2,1-5H3/p+1. The molecular formula is C22H41N2O6+. The van der Waals surface area contributed by atoms with Gasteiger partial charge < -0.3 is 24.4 Å². The van der Waals surface area contributed by atoms with Gasteiger partial charge in [-0.25, -0.2) is 0 Å². The van der Waals surface area contributed by atoms with Gasteiger partial charge >= 0.3 is 11.9 Å². The molecule has 0 radical (unpaired) electrons. The van der Waals surface area contributed by atoms with Crippen molar-refractivity contribution in [3.63, 3.8) is 0 Å². The normalized spacial score (nSPS) is 13.7. The van der Waals surface area contributed by atoms with Crippen LogP contribution in [0, 0.1) is 0 Å². The number of quaternary nitrogens is 1. The predicted octanol–water partition coefficient (Wildman–Crippen LogP) is 1.95. The van der Waals surface area contributed by atoms with E-state index in [1.54, 1.807) is 0 Å². The second-order valence-electron chi connectivity index (χ2n) is 8.22. The average Bonchev–Trinajstić information content (AvgIpc) is 2.65. The number of unbranched alkanes of at least 4 members (excludes halogenated alkanes) is 2. The van der Waals surface area contributed by atoms with E-state index in [1.165, 1.54) is 14.0 Å². The van der Waals surface area contributed by atoms with Crippen molar-refractivity contribution in [1.82, 2.24) is 5.32 Å². The highest BCUT2D eigenvalue weighted by Crippen LogP contribution is 2.11. The molecule has 0 heterocycles. The number of aliphatic hydroxyl groups excluding tert-OH is 1. The van der Waals surface area contributed by atoms with Gasteiger partial charge in [-0.3, -0.25) is 14.4 Å². The Bertz CT molecular complexity index is 548. The van der Waals surface area contributed by atoms with Crippen molar-refractivity contribution in [2.75, 3.05) is 40.9 Å². The van der Waals surface area contributed by atoms with Gasteiger partial charge in [0.15, 0.2) is 6.54 Å². The Hall–Kier alpha value is -1.93. The molecule has 2 N–H and O–H groups in total. The molecule has 0 aliphatic carbocycles. The summed E-state index contributed by atoms with van der Waals surface area (Å²) in [6.07, 6.45) is 7.99. The van der Waals surface area contributed by atoms with Crippen LogP contribution in [0.25, 0.3) is 0 Å². The fourth-order valence-electron chi connectivity index (χ4n) is 2.95. The van der Waals surface area contributed by atoms with E-state index in [0.29, 0.717) is 36.7 Å². The molecule has 8 heteroatoms. The first-order chi connectivity index (χ1) is 14.1. The maximum Gasteiger partial charge on any atom is 0.305 e. The zero-order valence-electron chi connectivity index (χ0n) is 19.3. The zero-order chi connectivity index (χ0) is 23.0. The van der Waals surface area contributed by atoms with E-state index in [1.807, 2.05) is 26.2 Å². The van der Waals surface area contributed by atoms with E-state index in [2.05, 4.69) is 17.0 Å². The highest BCUT2D eigenvalue weighted by molar-refractivity contribution is 5.77. The summed E-state index contributed by atoms with van der Waals surface area (Å²) in [5.41, 5.74) is 0. The number of likely N-dealkylation sites (N-methyl/N-ethyl adjacent to an activating group) is 1. The maximum atomic E-state index is 12.6. The molecule has 8 nitrogen and oxygen atoms in total. The number of hydrogen-bond donors (Lipinski definition) is 2. The number of allylic oxidation sites excluding steroid dienone is 1. The van der Waals surface area contributed by atoms with Gasteiger partial charge in [0.25, 0.3) is 5.91 Å². The van der Waals surface area contributed by atoms with Crippen LogP contribution in [0.5, 0.6) is 0 Å². The molecule has 0 aromatic carbocycles. The summed E-state index contributed by atoms with van der Waals surface area (Å²) in [6.45, 7) is 4.48. The van der Waals surface area contributed by atoms with Crippen LogP contribution >= 0.6 is 0 Å². The number of methoxy groups -OCH3 is 1. The molecule has 0 aromatic rings. The molecule has 0 fully saturated rings. The lowest BCUT2D eigenvalue weighted by Crippen LogP contribution is -2.52. The minimum absolute atomic E-state index is 0.141. The van der Waals surface area contributed by atoms with Crippen molar-refractivity contribution in [3.8, 4) is 0 Å². The second-order valence-corrected chi connectivity index (χ2v) is 8.22. The zero-order valence-corrected chi connectivity index (χ0v) is 19.3. The van der Waals surface area contributed by atoms with Gasteiger partial charge in [-0.2, -0.15) is 0 Å². The fourth-order valence-corrected chi connectivity index (χ4v) is 2.95. The van der Waals surface area contributed by atoms with Crippen LogP contribution in [0.15, 0.2) is 12.2 Å². The lowest BCUT2D eigenvalue weighted by atomic mass is 10.0. The van der Waals surface area contributed by atoms with Crippen LogP contribution in [-0.4, -0.2) is 80.5 Å².